The van der Waals surface area contributed by atoms with Gasteiger partial charge in [-0.3, -0.25) is 19.1 Å². The predicted octanol–water partition coefficient (Wildman–Crippen LogP) is 2.93. The van der Waals surface area contributed by atoms with E-state index in [1.807, 2.05) is 12.1 Å². The van der Waals surface area contributed by atoms with E-state index < -0.39 is 50.2 Å². The van der Waals surface area contributed by atoms with Crippen LogP contribution in [0.15, 0.2) is 47.7 Å². The molecule has 1 unspecified atom stereocenters. The highest BCUT2D eigenvalue weighted by Gasteiger charge is 2.61. The Kier molecular flexibility index (Phi) is 8.74. The van der Waals surface area contributed by atoms with E-state index in [0.29, 0.717) is 11.2 Å². The number of esters is 2. The summed E-state index contributed by atoms with van der Waals surface area (Å²) in [5, 5.41) is 4.27. The standard InChI is InChI=1S/C27H35N6O8P/c1-16(34)38-23-21(13-37-42(29,36)41-19-9-7-18(8-10-19)26(3,4)5)40-27(14-30-6,24(23)39-17(2)35)22-12-11-20-25(28)31-15-32-33(20)22/h7-12,14-15,21,23-24H,13H2,1-6H3,(H2,29,36)(H2,28,31,32)/b30-14-/t21-,23-,24-,27+,42?/m1/s1. The molecule has 2 aromatic heterocycles. The van der Waals surface area contributed by atoms with Crippen LogP contribution in [0.5, 0.6) is 5.75 Å². The third-order valence-electron chi connectivity index (χ3n) is 6.60. The van der Waals surface area contributed by atoms with E-state index in [4.69, 9.17) is 34.5 Å². The SMILES string of the molecule is C/N=C\[C@@]1(c2ccc3c(N)ncnn23)O[C@H](COP(N)(=O)Oc2ccc(C(C)(C)C)cc2)[C@@H](OC(C)=O)[C@H]1OC(C)=O. The fraction of sp³-hybridized carbons (Fsp3) is 0.444. The number of hydrogen-bond acceptors (Lipinski definition) is 12. The third kappa shape index (κ3) is 6.46. The Balaban J connectivity index is 1.68. The van der Waals surface area contributed by atoms with Gasteiger partial charge in [-0.05, 0) is 35.2 Å². The van der Waals surface area contributed by atoms with Gasteiger partial charge in [0.15, 0.2) is 23.6 Å². The fourth-order valence-electron chi connectivity index (χ4n) is 4.80. The van der Waals surface area contributed by atoms with Gasteiger partial charge in [0.2, 0.25) is 0 Å². The van der Waals surface area contributed by atoms with Gasteiger partial charge in [-0.25, -0.2) is 19.6 Å². The molecule has 0 saturated carbocycles. The van der Waals surface area contributed by atoms with Crippen molar-refractivity contribution in [3.63, 3.8) is 0 Å². The Morgan fingerprint density at radius 2 is 1.81 bits per heavy atom. The molecule has 5 atom stereocenters. The highest BCUT2D eigenvalue weighted by Crippen LogP contribution is 2.46. The minimum Gasteiger partial charge on any atom is -0.456 e. The van der Waals surface area contributed by atoms with Crippen LogP contribution >= 0.6 is 7.75 Å². The van der Waals surface area contributed by atoms with Gasteiger partial charge < -0.3 is 24.5 Å². The molecular formula is C27H35N6O8P. The molecule has 1 aromatic carbocycles. The number of nitrogen functional groups attached to an aromatic ring is 1. The third-order valence-corrected chi connectivity index (χ3v) is 7.58. The number of ether oxygens (including phenoxy) is 3. The maximum Gasteiger partial charge on any atom is 0.456 e. The van der Waals surface area contributed by atoms with Crippen molar-refractivity contribution >= 4 is 37.2 Å². The minimum atomic E-state index is -4.20. The Bertz CT molecular complexity index is 1540. The maximum absolute atomic E-state index is 13.2. The summed E-state index contributed by atoms with van der Waals surface area (Å²) in [6.45, 7) is 8.11. The van der Waals surface area contributed by atoms with Crippen molar-refractivity contribution in [1.29, 1.82) is 0 Å². The lowest BCUT2D eigenvalue weighted by atomic mass is 9.87. The van der Waals surface area contributed by atoms with Crippen LogP contribution in [0.3, 0.4) is 0 Å². The topological polar surface area (TPSA) is 192 Å². The van der Waals surface area contributed by atoms with E-state index in [2.05, 4.69) is 35.8 Å². The molecule has 3 aromatic rings. The van der Waals surface area contributed by atoms with E-state index in [0.717, 1.165) is 5.56 Å². The molecule has 0 bridgehead atoms. The number of nitrogens with zero attached hydrogens (tertiary/aromatic N) is 4. The molecule has 42 heavy (non-hydrogen) atoms. The Morgan fingerprint density at radius 3 is 2.40 bits per heavy atom. The molecule has 0 spiro atoms. The van der Waals surface area contributed by atoms with Gasteiger partial charge in [0.1, 0.15) is 23.7 Å². The number of nitrogens with two attached hydrogens (primary N) is 2. The lowest BCUT2D eigenvalue weighted by molar-refractivity contribution is -0.165. The van der Waals surface area contributed by atoms with E-state index in [9.17, 15) is 14.2 Å². The lowest BCUT2D eigenvalue weighted by Gasteiger charge is -2.30. The smallest absolute Gasteiger partial charge is 0.456 e. The van der Waals surface area contributed by atoms with Crippen molar-refractivity contribution in [2.45, 2.75) is 63.9 Å². The van der Waals surface area contributed by atoms with Crippen molar-refractivity contribution in [3.05, 3.63) is 54.0 Å². The van der Waals surface area contributed by atoms with Crippen LogP contribution in [0.1, 0.15) is 45.9 Å². The quantitative estimate of drug-likeness (QED) is 0.207. The van der Waals surface area contributed by atoms with Gasteiger partial charge >= 0.3 is 19.7 Å². The van der Waals surface area contributed by atoms with Crippen molar-refractivity contribution in [2.75, 3.05) is 19.4 Å². The number of fused-ring (bicyclic) bond motifs is 1. The highest BCUT2D eigenvalue weighted by atomic mass is 31.2. The Hall–Kier alpha value is -3.84. The first-order chi connectivity index (χ1) is 19.7. The van der Waals surface area contributed by atoms with Gasteiger partial charge in [-0.15, -0.1) is 0 Å². The van der Waals surface area contributed by atoms with Gasteiger partial charge in [0.25, 0.3) is 0 Å². The summed E-state index contributed by atoms with van der Waals surface area (Å²) in [5.74, 6) is -0.944. The van der Waals surface area contributed by atoms with Crippen molar-refractivity contribution in [1.82, 2.24) is 14.6 Å². The first-order valence-electron chi connectivity index (χ1n) is 13.0. The largest absolute Gasteiger partial charge is 0.456 e. The molecule has 0 aliphatic carbocycles. The molecule has 1 aliphatic rings. The van der Waals surface area contributed by atoms with Crippen LogP contribution in [0.2, 0.25) is 0 Å². The summed E-state index contributed by atoms with van der Waals surface area (Å²) in [5.41, 5.74) is 12.0. The van der Waals surface area contributed by atoms with Gasteiger partial charge in [0.05, 0.1) is 12.3 Å². The molecule has 3 heterocycles. The average Bonchev–Trinajstić information content (AvgIpc) is 3.44. The molecule has 4 rings (SSSR count). The molecule has 1 saturated heterocycles. The monoisotopic (exact) mass is 602 g/mol. The summed E-state index contributed by atoms with van der Waals surface area (Å²) in [4.78, 5) is 32.6. The van der Waals surface area contributed by atoms with Crippen LogP contribution in [0.4, 0.5) is 5.82 Å². The van der Waals surface area contributed by atoms with Gasteiger partial charge in [-0.2, -0.15) is 5.10 Å². The van der Waals surface area contributed by atoms with Gasteiger partial charge in [-0.1, -0.05) is 32.9 Å². The molecule has 226 valence electrons. The number of hydrogen-bond donors (Lipinski definition) is 2. The van der Waals surface area contributed by atoms with Crippen molar-refractivity contribution in [2.24, 2.45) is 10.5 Å². The van der Waals surface area contributed by atoms with E-state index >= 15 is 0 Å². The number of rotatable bonds is 9. The number of aliphatic imine (C=N–C) groups is 1. The summed E-state index contributed by atoms with van der Waals surface area (Å²) in [7, 11) is -2.71. The molecule has 15 heteroatoms. The van der Waals surface area contributed by atoms with Crippen LogP contribution in [0.25, 0.3) is 5.52 Å². The number of anilines is 1. The normalized spacial score (nSPS) is 24.0. The van der Waals surface area contributed by atoms with Crippen LogP contribution in [-0.2, 0) is 43.9 Å². The second-order valence-electron chi connectivity index (χ2n) is 10.8. The molecule has 4 N–H and O–H groups in total. The minimum absolute atomic E-state index is 0.0944. The lowest BCUT2D eigenvalue weighted by Crippen LogP contribution is -2.47. The number of carbonyl (C=O) groups excluding carboxylic acids is 2. The molecule has 1 aliphatic heterocycles. The molecular weight excluding hydrogens is 567 g/mol. The number of benzene rings is 1. The molecule has 14 nitrogen and oxygen atoms in total. The second kappa shape index (κ2) is 11.8. The summed E-state index contributed by atoms with van der Waals surface area (Å²) in [6.07, 6.45) is -1.01. The molecule has 0 radical (unpaired) electrons. The zero-order valence-electron chi connectivity index (χ0n) is 24.2. The summed E-state index contributed by atoms with van der Waals surface area (Å²) < 4.78 is 43.3. The van der Waals surface area contributed by atoms with Gasteiger partial charge in [0, 0.05) is 27.1 Å². The van der Waals surface area contributed by atoms with Crippen LogP contribution in [0, 0.1) is 0 Å². The second-order valence-corrected chi connectivity index (χ2v) is 12.3. The van der Waals surface area contributed by atoms with Crippen LogP contribution < -0.4 is 15.8 Å². The van der Waals surface area contributed by atoms with Crippen molar-refractivity contribution < 1.29 is 37.4 Å². The van der Waals surface area contributed by atoms with E-state index in [1.165, 1.54) is 38.0 Å². The Morgan fingerprint density at radius 1 is 1.14 bits per heavy atom. The zero-order chi connectivity index (χ0) is 30.9. The number of carbonyl (C=O) groups is 2. The molecule has 0 amide bonds. The summed E-state index contributed by atoms with van der Waals surface area (Å²) in [6, 6.07) is 10.3. The highest BCUT2D eigenvalue weighted by molar-refractivity contribution is 7.51. The fourth-order valence-corrected chi connectivity index (χ4v) is 5.62. The predicted molar refractivity (Wildman–Crippen MR) is 153 cm³/mol. The zero-order valence-corrected chi connectivity index (χ0v) is 25.1. The average molecular weight is 603 g/mol. The summed E-state index contributed by atoms with van der Waals surface area (Å²) >= 11 is 0. The number of aromatic nitrogens is 3. The van der Waals surface area contributed by atoms with Crippen LogP contribution in [-0.4, -0.2) is 64.7 Å². The Labute approximate surface area is 242 Å². The van der Waals surface area contributed by atoms with E-state index in [1.54, 1.807) is 24.3 Å². The first-order valence-corrected chi connectivity index (χ1v) is 14.7. The van der Waals surface area contributed by atoms with Crippen molar-refractivity contribution in [3.8, 4) is 5.75 Å². The van der Waals surface area contributed by atoms with E-state index in [-0.39, 0.29) is 17.0 Å². The maximum atomic E-state index is 13.2. The first kappa shape index (κ1) is 31.1. The molecule has 1 fully saturated rings.